The smallest absolute Gasteiger partial charge is 0.246 e. The topological polar surface area (TPSA) is 60.5 Å². The molecule has 7 heteroatoms. The van der Waals surface area contributed by atoms with Gasteiger partial charge in [0, 0.05) is 44.4 Å². The van der Waals surface area contributed by atoms with Gasteiger partial charge in [-0.1, -0.05) is 30.3 Å². The minimum Gasteiger partial charge on any atom is -0.496 e. The Morgan fingerprint density at radius 1 is 0.944 bits per heavy atom. The molecule has 0 aliphatic carbocycles. The van der Waals surface area contributed by atoms with E-state index in [2.05, 4.69) is 11.0 Å². The highest BCUT2D eigenvalue weighted by Gasteiger charge is 2.21. The van der Waals surface area contributed by atoms with Crippen LogP contribution in [-0.4, -0.2) is 55.8 Å². The molecule has 1 amide bonds. The second-order valence-electron chi connectivity index (χ2n) is 8.80. The standard InChI is InChI=1S/C29H30N2O5/c1-33-26-10-7-22(17-24(26)20-34-25-5-3-2-4-6-25)9-12-29(32)31-15-13-30(14-16-31)19-23-8-11-27-28(18-23)36-21-35-27/h2-12,17-18H,13-16,19-21H2,1H3/b12-9+. The summed E-state index contributed by atoms with van der Waals surface area (Å²) in [6.07, 6.45) is 3.50. The van der Waals surface area contributed by atoms with Crippen LogP contribution in [0.25, 0.3) is 6.08 Å². The summed E-state index contributed by atoms with van der Waals surface area (Å²) < 4.78 is 22.2. The van der Waals surface area contributed by atoms with E-state index in [4.69, 9.17) is 18.9 Å². The van der Waals surface area contributed by atoms with Gasteiger partial charge in [-0.3, -0.25) is 9.69 Å². The fourth-order valence-electron chi connectivity index (χ4n) is 4.39. The summed E-state index contributed by atoms with van der Waals surface area (Å²) in [7, 11) is 1.65. The first-order valence-electron chi connectivity index (χ1n) is 12.1. The zero-order valence-electron chi connectivity index (χ0n) is 20.4. The maximum atomic E-state index is 12.8. The number of hydrogen-bond donors (Lipinski definition) is 0. The molecule has 1 fully saturated rings. The number of fused-ring (bicyclic) bond motifs is 1. The number of ether oxygens (including phenoxy) is 4. The lowest BCUT2D eigenvalue weighted by molar-refractivity contribution is -0.127. The van der Waals surface area contributed by atoms with Crippen LogP contribution in [0.15, 0.2) is 72.8 Å². The summed E-state index contributed by atoms with van der Waals surface area (Å²) in [6, 6.07) is 21.6. The summed E-state index contributed by atoms with van der Waals surface area (Å²) in [5, 5.41) is 0. The van der Waals surface area contributed by atoms with Crippen molar-refractivity contribution in [3.63, 3.8) is 0 Å². The average molecular weight is 487 g/mol. The molecule has 0 N–H and O–H groups in total. The van der Waals surface area contributed by atoms with E-state index >= 15 is 0 Å². The van der Waals surface area contributed by atoms with Crippen LogP contribution in [-0.2, 0) is 17.9 Å². The quantitative estimate of drug-likeness (QED) is 0.441. The predicted molar refractivity (Wildman–Crippen MR) is 137 cm³/mol. The lowest BCUT2D eigenvalue weighted by Gasteiger charge is -2.34. The lowest BCUT2D eigenvalue weighted by atomic mass is 10.1. The summed E-state index contributed by atoms with van der Waals surface area (Å²) in [5.41, 5.74) is 3.04. The van der Waals surface area contributed by atoms with Gasteiger partial charge in [0.15, 0.2) is 11.5 Å². The molecular formula is C29H30N2O5. The van der Waals surface area contributed by atoms with E-state index in [0.717, 1.165) is 53.8 Å². The van der Waals surface area contributed by atoms with Crippen molar-refractivity contribution >= 4 is 12.0 Å². The molecule has 0 atom stereocenters. The molecule has 2 heterocycles. The highest BCUT2D eigenvalue weighted by atomic mass is 16.7. The van der Waals surface area contributed by atoms with Crippen molar-refractivity contribution in [2.45, 2.75) is 13.2 Å². The van der Waals surface area contributed by atoms with E-state index in [9.17, 15) is 4.79 Å². The van der Waals surface area contributed by atoms with E-state index in [-0.39, 0.29) is 12.7 Å². The van der Waals surface area contributed by atoms with E-state index in [1.54, 1.807) is 13.2 Å². The van der Waals surface area contributed by atoms with Crippen LogP contribution in [0.5, 0.6) is 23.0 Å². The zero-order valence-corrected chi connectivity index (χ0v) is 20.4. The summed E-state index contributed by atoms with van der Waals surface area (Å²) >= 11 is 0. The third-order valence-electron chi connectivity index (χ3n) is 6.39. The largest absolute Gasteiger partial charge is 0.496 e. The maximum absolute atomic E-state index is 12.8. The molecule has 5 rings (SSSR count). The average Bonchev–Trinajstić information content (AvgIpc) is 3.39. The van der Waals surface area contributed by atoms with Gasteiger partial charge in [0.1, 0.15) is 18.1 Å². The first kappa shape index (κ1) is 23.8. The lowest BCUT2D eigenvalue weighted by Crippen LogP contribution is -2.47. The monoisotopic (exact) mass is 486 g/mol. The van der Waals surface area contributed by atoms with Gasteiger partial charge >= 0.3 is 0 Å². The third kappa shape index (κ3) is 5.80. The third-order valence-corrected chi connectivity index (χ3v) is 6.39. The first-order valence-corrected chi connectivity index (χ1v) is 12.1. The molecule has 2 aliphatic rings. The van der Waals surface area contributed by atoms with Crippen LogP contribution in [0.3, 0.4) is 0 Å². The number of hydrogen-bond acceptors (Lipinski definition) is 6. The number of carbonyl (C=O) groups excluding carboxylic acids is 1. The zero-order chi connectivity index (χ0) is 24.7. The van der Waals surface area contributed by atoms with Gasteiger partial charge in [0.25, 0.3) is 0 Å². The van der Waals surface area contributed by atoms with Gasteiger partial charge in [0.2, 0.25) is 12.7 Å². The highest BCUT2D eigenvalue weighted by molar-refractivity contribution is 5.91. The highest BCUT2D eigenvalue weighted by Crippen LogP contribution is 2.33. The Hall–Kier alpha value is -3.97. The van der Waals surface area contributed by atoms with Crippen molar-refractivity contribution < 1.29 is 23.7 Å². The molecule has 3 aromatic carbocycles. The van der Waals surface area contributed by atoms with E-state index in [1.807, 2.05) is 71.6 Å². The van der Waals surface area contributed by atoms with Crippen molar-refractivity contribution in [2.24, 2.45) is 0 Å². The molecule has 2 aliphatic heterocycles. The Labute approximate surface area is 211 Å². The SMILES string of the molecule is COc1ccc(/C=C/C(=O)N2CCN(Cc3ccc4c(c3)OCO4)CC2)cc1COc1ccccc1. The summed E-state index contributed by atoms with van der Waals surface area (Å²) in [4.78, 5) is 17.1. The maximum Gasteiger partial charge on any atom is 0.246 e. The van der Waals surface area contributed by atoms with Gasteiger partial charge < -0.3 is 23.8 Å². The van der Waals surface area contributed by atoms with Crippen molar-refractivity contribution in [1.82, 2.24) is 9.80 Å². The second-order valence-corrected chi connectivity index (χ2v) is 8.80. The molecule has 0 bridgehead atoms. The molecule has 0 radical (unpaired) electrons. The van der Waals surface area contributed by atoms with Crippen LogP contribution in [0.4, 0.5) is 0 Å². The van der Waals surface area contributed by atoms with Crippen LogP contribution in [0.2, 0.25) is 0 Å². The first-order chi connectivity index (χ1) is 17.7. The number of rotatable bonds is 8. The molecule has 0 unspecified atom stereocenters. The Morgan fingerprint density at radius 2 is 1.75 bits per heavy atom. The van der Waals surface area contributed by atoms with Crippen molar-refractivity contribution in [3.8, 4) is 23.0 Å². The Kier molecular flexibility index (Phi) is 7.38. The van der Waals surface area contributed by atoms with Crippen LogP contribution in [0.1, 0.15) is 16.7 Å². The molecule has 0 saturated carbocycles. The molecule has 186 valence electrons. The van der Waals surface area contributed by atoms with Crippen molar-refractivity contribution in [3.05, 3.63) is 89.5 Å². The molecule has 0 spiro atoms. The molecule has 3 aromatic rings. The summed E-state index contributed by atoms with van der Waals surface area (Å²) in [6.45, 7) is 4.56. The summed E-state index contributed by atoms with van der Waals surface area (Å²) in [5.74, 6) is 3.19. The Morgan fingerprint density at radius 3 is 2.56 bits per heavy atom. The van der Waals surface area contributed by atoms with E-state index < -0.39 is 0 Å². The van der Waals surface area contributed by atoms with E-state index in [1.165, 1.54) is 5.56 Å². The minimum absolute atomic E-state index is 0.0237. The predicted octanol–water partition coefficient (Wildman–Crippen LogP) is 4.36. The van der Waals surface area contributed by atoms with Gasteiger partial charge in [-0.05, 0) is 53.6 Å². The number of methoxy groups -OCH3 is 1. The van der Waals surface area contributed by atoms with Crippen LogP contribution < -0.4 is 18.9 Å². The number of piperazine rings is 1. The van der Waals surface area contributed by atoms with Crippen molar-refractivity contribution in [1.29, 1.82) is 0 Å². The fraction of sp³-hybridized carbons (Fsp3) is 0.276. The number of benzene rings is 3. The molecule has 0 aromatic heterocycles. The van der Waals surface area contributed by atoms with Gasteiger partial charge in [0.05, 0.1) is 7.11 Å². The second kappa shape index (κ2) is 11.2. The normalized spacial score (nSPS) is 15.3. The molecule has 1 saturated heterocycles. The molecule has 7 nitrogen and oxygen atoms in total. The Balaban J connectivity index is 1.14. The number of carbonyl (C=O) groups is 1. The number of nitrogens with zero attached hydrogens (tertiary/aromatic N) is 2. The minimum atomic E-state index is 0.0237. The number of para-hydroxylation sites is 1. The van der Waals surface area contributed by atoms with E-state index in [0.29, 0.717) is 19.7 Å². The van der Waals surface area contributed by atoms with Crippen molar-refractivity contribution in [2.75, 3.05) is 40.1 Å². The van der Waals surface area contributed by atoms with Gasteiger partial charge in [-0.2, -0.15) is 0 Å². The number of amides is 1. The van der Waals surface area contributed by atoms with Gasteiger partial charge in [-0.25, -0.2) is 0 Å². The van der Waals surface area contributed by atoms with Crippen LogP contribution in [0, 0.1) is 0 Å². The van der Waals surface area contributed by atoms with Gasteiger partial charge in [-0.15, -0.1) is 0 Å². The molecular weight excluding hydrogens is 456 g/mol. The Bertz CT molecular complexity index is 1220. The fourth-order valence-corrected chi connectivity index (χ4v) is 4.39. The molecule has 36 heavy (non-hydrogen) atoms. The van der Waals surface area contributed by atoms with Crippen LogP contribution >= 0.6 is 0 Å².